The Morgan fingerprint density at radius 3 is 2.73 bits per heavy atom. The van der Waals surface area contributed by atoms with E-state index < -0.39 is 5.97 Å². The van der Waals surface area contributed by atoms with Gasteiger partial charge in [-0.05, 0) is 49.4 Å². The Bertz CT molecular complexity index is 602. The molecule has 0 aliphatic rings. The predicted molar refractivity (Wildman–Crippen MR) is 84.3 cm³/mol. The number of hydrogen-bond donors (Lipinski definition) is 1. The number of carbonyl (C=O) groups is 1. The molecule has 0 bridgehead atoms. The average molecular weight is 300 g/mol. The molecule has 0 amide bonds. The first-order valence-electron chi connectivity index (χ1n) is 7.19. The van der Waals surface area contributed by atoms with Crippen LogP contribution in [0.4, 0.5) is 0 Å². The summed E-state index contributed by atoms with van der Waals surface area (Å²) in [5.74, 6) is -0.359. The Labute approximate surface area is 130 Å². The first kappa shape index (κ1) is 16.0. The van der Waals surface area contributed by atoms with Crippen LogP contribution in [0.3, 0.4) is 0 Å². The maximum Gasteiger partial charge on any atom is 0.335 e. The van der Waals surface area contributed by atoms with Crippen molar-refractivity contribution in [2.45, 2.75) is 6.42 Å². The summed E-state index contributed by atoms with van der Waals surface area (Å²) in [6.45, 7) is 2.24. The van der Waals surface area contributed by atoms with Crippen LogP contribution in [0.1, 0.15) is 15.9 Å². The molecule has 1 heterocycles. The highest BCUT2D eigenvalue weighted by atomic mass is 16.5. The second kappa shape index (κ2) is 8.14. The molecule has 5 heteroatoms. The van der Waals surface area contributed by atoms with E-state index in [0.29, 0.717) is 12.4 Å². The van der Waals surface area contributed by atoms with Crippen molar-refractivity contribution in [2.75, 3.05) is 26.7 Å². The minimum absolute atomic E-state index is 0.239. The first-order chi connectivity index (χ1) is 10.6. The van der Waals surface area contributed by atoms with Crippen LogP contribution < -0.4 is 4.74 Å². The molecule has 0 atom stereocenters. The van der Waals surface area contributed by atoms with Gasteiger partial charge in [0.05, 0.1) is 5.56 Å². The fourth-order valence-electron chi connectivity index (χ4n) is 2.02. The van der Waals surface area contributed by atoms with Crippen molar-refractivity contribution in [3.05, 3.63) is 59.9 Å². The number of hydrogen-bond acceptors (Lipinski definition) is 4. The van der Waals surface area contributed by atoms with Crippen molar-refractivity contribution in [1.82, 2.24) is 9.88 Å². The van der Waals surface area contributed by atoms with Gasteiger partial charge in [-0.15, -0.1) is 0 Å². The van der Waals surface area contributed by atoms with E-state index in [1.54, 1.807) is 36.7 Å². The Morgan fingerprint density at radius 1 is 1.23 bits per heavy atom. The standard InChI is InChI=1S/C17H20N2O3/c1-19(10-7-14-5-8-18-9-6-14)11-12-22-16-4-2-3-15(13-16)17(20)21/h2-6,8-9,13H,7,10-12H2,1H3,(H,20,21). The van der Waals surface area contributed by atoms with Crippen molar-refractivity contribution in [3.8, 4) is 5.75 Å². The number of carboxylic acid groups (broad SMARTS) is 1. The fourth-order valence-corrected chi connectivity index (χ4v) is 2.02. The average Bonchev–Trinajstić information content (AvgIpc) is 2.54. The quantitative estimate of drug-likeness (QED) is 0.810. The minimum Gasteiger partial charge on any atom is -0.492 e. The largest absolute Gasteiger partial charge is 0.492 e. The highest BCUT2D eigenvalue weighted by molar-refractivity contribution is 5.87. The summed E-state index contributed by atoms with van der Waals surface area (Å²) in [7, 11) is 2.04. The van der Waals surface area contributed by atoms with Crippen molar-refractivity contribution >= 4 is 5.97 Å². The number of likely N-dealkylation sites (N-methyl/N-ethyl adjacent to an activating group) is 1. The van der Waals surface area contributed by atoms with Gasteiger partial charge >= 0.3 is 5.97 Å². The third-order valence-corrected chi connectivity index (χ3v) is 3.35. The zero-order valence-corrected chi connectivity index (χ0v) is 12.6. The SMILES string of the molecule is CN(CCOc1cccc(C(=O)O)c1)CCc1ccncc1. The summed E-state index contributed by atoms with van der Waals surface area (Å²) < 4.78 is 5.60. The summed E-state index contributed by atoms with van der Waals surface area (Å²) in [6.07, 6.45) is 4.56. The zero-order valence-electron chi connectivity index (χ0n) is 12.6. The molecule has 0 saturated carbocycles. The van der Waals surface area contributed by atoms with Crippen molar-refractivity contribution < 1.29 is 14.6 Å². The monoisotopic (exact) mass is 300 g/mol. The van der Waals surface area contributed by atoms with Crippen LogP contribution in [0, 0.1) is 0 Å². The molecule has 22 heavy (non-hydrogen) atoms. The van der Waals surface area contributed by atoms with Crippen LogP contribution in [0.15, 0.2) is 48.8 Å². The predicted octanol–water partition coefficient (Wildman–Crippen LogP) is 2.33. The van der Waals surface area contributed by atoms with Gasteiger partial charge in [-0.3, -0.25) is 4.98 Å². The van der Waals surface area contributed by atoms with Gasteiger partial charge in [0.15, 0.2) is 0 Å². The topological polar surface area (TPSA) is 62.7 Å². The molecule has 0 saturated heterocycles. The van der Waals surface area contributed by atoms with E-state index in [9.17, 15) is 4.79 Å². The molecule has 0 radical (unpaired) electrons. The number of nitrogens with zero attached hydrogens (tertiary/aromatic N) is 2. The van der Waals surface area contributed by atoms with E-state index in [4.69, 9.17) is 9.84 Å². The molecule has 0 aliphatic carbocycles. The van der Waals surface area contributed by atoms with Gasteiger partial charge < -0.3 is 14.7 Å². The molecule has 116 valence electrons. The van der Waals surface area contributed by atoms with Crippen molar-refractivity contribution in [2.24, 2.45) is 0 Å². The summed E-state index contributed by atoms with van der Waals surface area (Å²) in [5, 5.41) is 8.93. The fraction of sp³-hybridized carbons (Fsp3) is 0.294. The molecule has 5 nitrogen and oxygen atoms in total. The second-order valence-electron chi connectivity index (χ2n) is 5.09. The Hall–Kier alpha value is -2.40. The highest BCUT2D eigenvalue weighted by Crippen LogP contribution is 2.13. The van der Waals surface area contributed by atoms with Gasteiger partial charge in [0.1, 0.15) is 12.4 Å². The lowest BCUT2D eigenvalue weighted by Crippen LogP contribution is -2.26. The van der Waals surface area contributed by atoms with Gasteiger partial charge in [0.2, 0.25) is 0 Å². The smallest absolute Gasteiger partial charge is 0.335 e. The molecular weight excluding hydrogens is 280 g/mol. The number of ether oxygens (including phenoxy) is 1. The third kappa shape index (κ3) is 5.18. The van der Waals surface area contributed by atoms with Crippen LogP contribution in [-0.4, -0.2) is 47.7 Å². The second-order valence-corrected chi connectivity index (χ2v) is 5.09. The lowest BCUT2D eigenvalue weighted by molar-refractivity contribution is 0.0696. The number of carboxylic acids is 1. The maximum atomic E-state index is 10.9. The molecule has 0 unspecified atom stereocenters. The van der Waals surface area contributed by atoms with Crippen LogP contribution in [0.5, 0.6) is 5.75 Å². The molecule has 0 fully saturated rings. The molecule has 0 aliphatic heterocycles. The zero-order chi connectivity index (χ0) is 15.8. The van der Waals surface area contributed by atoms with Gasteiger partial charge in [0, 0.05) is 25.5 Å². The molecule has 1 aromatic carbocycles. The van der Waals surface area contributed by atoms with E-state index >= 15 is 0 Å². The lowest BCUT2D eigenvalue weighted by atomic mass is 10.2. The third-order valence-electron chi connectivity index (χ3n) is 3.35. The number of rotatable bonds is 8. The Kier molecular flexibility index (Phi) is 5.91. The number of aromatic nitrogens is 1. The van der Waals surface area contributed by atoms with Crippen LogP contribution >= 0.6 is 0 Å². The van der Waals surface area contributed by atoms with E-state index in [1.165, 1.54) is 5.56 Å². The first-order valence-corrected chi connectivity index (χ1v) is 7.19. The van der Waals surface area contributed by atoms with E-state index in [1.807, 2.05) is 19.2 Å². The van der Waals surface area contributed by atoms with Gasteiger partial charge in [0.25, 0.3) is 0 Å². The lowest BCUT2D eigenvalue weighted by Gasteiger charge is -2.17. The van der Waals surface area contributed by atoms with E-state index in [2.05, 4.69) is 9.88 Å². The van der Waals surface area contributed by atoms with Crippen LogP contribution in [0.25, 0.3) is 0 Å². The molecule has 1 N–H and O–H groups in total. The molecule has 0 spiro atoms. The van der Waals surface area contributed by atoms with E-state index in [-0.39, 0.29) is 5.56 Å². The van der Waals surface area contributed by atoms with Crippen molar-refractivity contribution in [1.29, 1.82) is 0 Å². The highest BCUT2D eigenvalue weighted by Gasteiger charge is 2.04. The number of pyridine rings is 1. The molecule has 1 aromatic heterocycles. The summed E-state index contributed by atoms with van der Waals surface area (Å²) >= 11 is 0. The number of benzene rings is 1. The van der Waals surface area contributed by atoms with Crippen molar-refractivity contribution in [3.63, 3.8) is 0 Å². The Morgan fingerprint density at radius 2 is 2.00 bits per heavy atom. The minimum atomic E-state index is -0.945. The van der Waals surface area contributed by atoms with E-state index in [0.717, 1.165) is 19.5 Å². The van der Waals surface area contributed by atoms with Gasteiger partial charge in [-0.25, -0.2) is 4.79 Å². The normalized spacial score (nSPS) is 10.6. The van der Waals surface area contributed by atoms with Crippen LogP contribution in [0.2, 0.25) is 0 Å². The number of aromatic carboxylic acids is 1. The maximum absolute atomic E-state index is 10.9. The summed E-state index contributed by atoms with van der Waals surface area (Å²) in [6, 6.07) is 10.6. The molecular formula is C17H20N2O3. The van der Waals surface area contributed by atoms with Gasteiger partial charge in [-0.2, -0.15) is 0 Å². The van der Waals surface area contributed by atoms with Crippen LogP contribution in [-0.2, 0) is 6.42 Å². The summed E-state index contributed by atoms with van der Waals surface area (Å²) in [4.78, 5) is 17.1. The molecule has 2 aromatic rings. The Balaban J connectivity index is 1.71. The summed E-state index contributed by atoms with van der Waals surface area (Å²) in [5.41, 5.74) is 1.50. The van der Waals surface area contributed by atoms with Gasteiger partial charge in [-0.1, -0.05) is 6.07 Å². The molecule has 2 rings (SSSR count).